The highest BCUT2D eigenvalue weighted by Crippen LogP contribution is 2.31. The van der Waals surface area contributed by atoms with Crippen LogP contribution >= 0.6 is 22.7 Å². The summed E-state index contributed by atoms with van der Waals surface area (Å²) >= 11 is 3.39. The highest BCUT2D eigenvalue weighted by atomic mass is 32.1. The van der Waals surface area contributed by atoms with Crippen molar-refractivity contribution in [1.29, 1.82) is 0 Å². The van der Waals surface area contributed by atoms with Gasteiger partial charge in [-0.3, -0.25) is 4.57 Å². The topological polar surface area (TPSA) is 30.7 Å². The summed E-state index contributed by atoms with van der Waals surface area (Å²) < 4.78 is 2.13. The number of fused-ring (bicyclic) bond motifs is 1. The Hall–Kier alpha value is -1.98. The van der Waals surface area contributed by atoms with Gasteiger partial charge in [0.2, 0.25) is 0 Å². The first-order chi connectivity index (χ1) is 9.43. The Morgan fingerprint density at radius 2 is 1.84 bits per heavy atom. The maximum atomic E-state index is 4.73. The van der Waals surface area contributed by atoms with Gasteiger partial charge in [0.15, 0.2) is 11.5 Å². The average molecular weight is 283 g/mol. The molecule has 0 fully saturated rings. The van der Waals surface area contributed by atoms with Gasteiger partial charge in [0.25, 0.3) is 0 Å². The first-order valence-electron chi connectivity index (χ1n) is 5.85. The number of rotatable bonds is 2. The molecular formula is C14H9N3S2. The summed E-state index contributed by atoms with van der Waals surface area (Å²) in [7, 11) is 0. The molecule has 0 aliphatic rings. The number of imidazole rings is 1. The van der Waals surface area contributed by atoms with Crippen molar-refractivity contribution in [3.05, 3.63) is 53.4 Å². The number of hydrogen-bond acceptors (Lipinski definition) is 4. The van der Waals surface area contributed by atoms with Gasteiger partial charge in [-0.15, -0.1) is 22.7 Å². The fourth-order valence-electron chi connectivity index (χ4n) is 2.09. The fourth-order valence-corrected chi connectivity index (χ4v) is 3.52. The smallest absolute Gasteiger partial charge is 0.165 e. The van der Waals surface area contributed by atoms with E-state index in [4.69, 9.17) is 4.98 Å². The molecule has 4 rings (SSSR count). The summed E-state index contributed by atoms with van der Waals surface area (Å²) in [5.41, 5.74) is 1.84. The van der Waals surface area contributed by atoms with Gasteiger partial charge in [-0.25, -0.2) is 9.97 Å². The number of pyridine rings is 1. The second-order valence-electron chi connectivity index (χ2n) is 4.05. The predicted molar refractivity (Wildman–Crippen MR) is 80.1 cm³/mol. The average Bonchev–Trinajstić information content (AvgIpc) is 3.17. The normalized spacial score (nSPS) is 11.2. The van der Waals surface area contributed by atoms with Crippen LogP contribution in [0.5, 0.6) is 0 Å². The van der Waals surface area contributed by atoms with E-state index in [2.05, 4.69) is 32.4 Å². The van der Waals surface area contributed by atoms with Gasteiger partial charge in [-0.05, 0) is 41.1 Å². The van der Waals surface area contributed by atoms with E-state index in [-0.39, 0.29) is 0 Å². The third-order valence-corrected chi connectivity index (χ3v) is 4.60. The van der Waals surface area contributed by atoms with E-state index >= 15 is 0 Å². The second-order valence-corrected chi connectivity index (χ2v) is 5.92. The maximum Gasteiger partial charge on any atom is 0.165 e. The summed E-state index contributed by atoms with van der Waals surface area (Å²) in [5, 5.41) is 5.29. The molecule has 0 N–H and O–H groups in total. The van der Waals surface area contributed by atoms with Crippen molar-refractivity contribution in [2.24, 2.45) is 0 Å². The molecular weight excluding hydrogens is 274 g/mol. The summed E-state index contributed by atoms with van der Waals surface area (Å²) in [6.45, 7) is 0. The third-order valence-electron chi connectivity index (χ3n) is 2.88. The lowest BCUT2D eigenvalue weighted by molar-refractivity contribution is 1.11. The Balaban J connectivity index is 2.10. The van der Waals surface area contributed by atoms with Gasteiger partial charge in [0.1, 0.15) is 10.5 Å². The van der Waals surface area contributed by atoms with E-state index in [1.165, 1.54) is 0 Å². The minimum Gasteiger partial charge on any atom is -0.267 e. The maximum absolute atomic E-state index is 4.73. The van der Waals surface area contributed by atoms with Crippen LogP contribution in [0.2, 0.25) is 0 Å². The van der Waals surface area contributed by atoms with Crippen molar-refractivity contribution < 1.29 is 0 Å². The lowest BCUT2D eigenvalue weighted by Crippen LogP contribution is -1.94. The van der Waals surface area contributed by atoms with Crippen LogP contribution < -0.4 is 0 Å². The summed E-state index contributed by atoms with van der Waals surface area (Å²) in [5.74, 6) is 0.964. The van der Waals surface area contributed by atoms with Crippen molar-refractivity contribution in [3.63, 3.8) is 0 Å². The molecule has 0 bridgehead atoms. The SMILES string of the molecule is c1csc(-c2nc3cccnc3n2-c2cccs2)c1. The minimum atomic E-state index is 0.911. The van der Waals surface area contributed by atoms with Crippen LogP contribution in [0.25, 0.3) is 26.9 Å². The molecule has 0 spiro atoms. The zero-order chi connectivity index (χ0) is 12.7. The number of nitrogens with zero attached hydrogens (tertiary/aromatic N) is 3. The molecule has 0 aliphatic heterocycles. The number of thiophene rings is 2. The van der Waals surface area contributed by atoms with Gasteiger partial charge >= 0.3 is 0 Å². The van der Waals surface area contributed by atoms with Crippen molar-refractivity contribution in [1.82, 2.24) is 14.5 Å². The molecule has 0 aliphatic carbocycles. The first-order valence-corrected chi connectivity index (χ1v) is 7.60. The van der Waals surface area contributed by atoms with Crippen LogP contribution in [-0.4, -0.2) is 14.5 Å². The van der Waals surface area contributed by atoms with E-state index in [0.29, 0.717) is 0 Å². The Bertz CT molecular complexity index is 814. The first kappa shape index (κ1) is 10.9. The number of hydrogen-bond donors (Lipinski definition) is 0. The largest absolute Gasteiger partial charge is 0.267 e. The summed E-state index contributed by atoms with van der Waals surface area (Å²) in [6, 6.07) is 12.2. The summed E-state index contributed by atoms with van der Waals surface area (Å²) in [4.78, 5) is 10.4. The molecule has 0 unspecified atom stereocenters. The van der Waals surface area contributed by atoms with Crippen LogP contribution in [0.3, 0.4) is 0 Å². The highest BCUT2D eigenvalue weighted by Gasteiger charge is 2.15. The van der Waals surface area contributed by atoms with Gasteiger partial charge in [0.05, 0.1) is 4.88 Å². The van der Waals surface area contributed by atoms with Gasteiger partial charge < -0.3 is 0 Å². The second kappa shape index (κ2) is 4.29. The van der Waals surface area contributed by atoms with Crippen LogP contribution in [-0.2, 0) is 0 Å². The molecule has 19 heavy (non-hydrogen) atoms. The molecule has 3 nitrogen and oxygen atoms in total. The molecule has 4 aromatic rings. The van der Waals surface area contributed by atoms with Crippen molar-refractivity contribution in [3.8, 4) is 15.7 Å². The van der Waals surface area contributed by atoms with E-state index < -0.39 is 0 Å². The predicted octanol–water partition coefficient (Wildman–Crippen LogP) is 4.21. The lowest BCUT2D eigenvalue weighted by Gasteiger charge is -2.03. The Kier molecular flexibility index (Phi) is 2.46. The molecule has 5 heteroatoms. The van der Waals surface area contributed by atoms with E-state index in [1.54, 1.807) is 22.7 Å². The number of aromatic nitrogens is 3. The fraction of sp³-hybridized carbons (Fsp3) is 0. The van der Waals surface area contributed by atoms with Crippen LogP contribution in [0.4, 0.5) is 0 Å². The van der Waals surface area contributed by atoms with Crippen LogP contribution in [0.1, 0.15) is 0 Å². The molecule has 0 atom stereocenters. The van der Waals surface area contributed by atoms with Crippen LogP contribution in [0, 0.1) is 0 Å². The monoisotopic (exact) mass is 283 g/mol. The zero-order valence-corrected chi connectivity index (χ0v) is 11.5. The van der Waals surface area contributed by atoms with E-state index in [0.717, 1.165) is 26.9 Å². The minimum absolute atomic E-state index is 0.911. The lowest BCUT2D eigenvalue weighted by atomic mass is 10.4. The Labute approximate surface area is 117 Å². The molecule has 4 heterocycles. The Morgan fingerprint density at radius 3 is 2.63 bits per heavy atom. The molecule has 0 amide bonds. The molecule has 0 saturated carbocycles. The van der Waals surface area contributed by atoms with Crippen LogP contribution in [0.15, 0.2) is 53.4 Å². The van der Waals surface area contributed by atoms with E-state index in [1.807, 2.05) is 30.5 Å². The van der Waals surface area contributed by atoms with Gasteiger partial charge in [-0.2, -0.15) is 0 Å². The third kappa shape index (κ3) is 1.70. The van der Waals surface area contributed by atoms with Crippen molar-refractivity contribution in [2.75, 3.05) is 0 Å². The molecule has 0 radical (unpaired) electrons. The van der Waals surface area contributed by atoms with E-state index in [9.17, 15) is 0 Å². The van der Waals surface area contributed by atoms with Gasteiger partial charge in [0, 0.05) is 6.20 Å². The molecule has 0 saturated heterocycles. The van der Waals surface area contributed by atoms with Crippen molar-refractivity contribution >= 4 is 33.8 Å². The molecule has 92 valence electrons. The Morgan fingerprint density at radius 1 is 0.947 bits per heavy atom. The van der Waals surface area contributed by atoms with Crippen molar-refractivity contribution in [2.45, 2.75) is 0 Å². The van der Waals surface area contributed by atoms with Gasteiger partial charge in [-0.1, -0.05) is 6.07 Å². The quantitative estimate of drug-likeness (QED) is 0.551. The standard InChI is InChI=1S/C14H9N3S2/c1-4-10-13(15-7-1)17(12-6-3-9-19-12)14(16-10)11-5-2-8-18-11/h1-9H. The summed E-state index contributed by atoms with van der Waals surface area (Å²) in [6.07, 6.45) is 1.81. The molecule has 4 aromatic heterocycles. The molecule has 0 aromatic carbocycles. The zero-order valence-electron chi connectivity index (χ0n) is 9.85. The highest BCUT2D eigenvalue weighted by molar-refractivity contribution is 7.13.